The Balaban J connectivity index is 1.97. The van der Waals surface area contributed by atoms with Gasteiger partial charge in [-0.2, -0.15) is 4.98 Å². The number of rotatable bonds is 4. The van der Waals surface area contributed by atoms with Gasteiger partial charge in [0.25, 0.3) is 0 Å². The minimum atomic E-state index is 0.369. The van der Waals surface area contributed by atoms with Gasteiger partial charge in [0.2, 0.25) is 5.89 Å². The van der Waals surface area contributed by atoms with Gasteiger partial charge in [-0.15, -0.1) is 11.6 Å². The molecule has 2 rings (SSSR count). The molecule has 0 bridgehead atoms. The lowest BCUT2D eigenvalue weighted by Crippen LogP contribution is -1.92. The van der Waals surface area contributed by atoms with E-state index in [1.54, 1.807) is 0 Å². The summed E-state index contributed by atoms with van der Waals surface area (Å²) < 4.78 is 5.14. The molecule has 0 N–H and O–H groups in total. The summed E-state index contributed by atoms with van der Waals surface area (Å²) in [4.78, 5) is 4.37. The molecule has 3 nitrogen and oxygen atoms in total. The largest absolute Gasteiger partial charge is 0.339 e. The second-order valence-electron chi connectivity index (χ2n) is 4.58. The second-order valence-corrected chi connectivity index (χ2v) is 4.96. The Morgan fingerprint density at radius 1 is 1.57 bits per heavy atom. The molecule has 0 saturated heterocycles. The van der Waals surface area contributed by atoms with Crippen LogP contribution in [0.2, 0.25) is 0 Å². The van der Waals surface area contributed by atoms with Crippen molar-refractivity contribution in [3.8, 4) is 0 Å². The highest BCUT2D eigenvalue weighted by molar-refractivity contribution is 6.17. The first kappa shape index (κ1) is 9.97. The summed E-state index contributed by atoms with van der Waals surface area (Å²) >= 11 is 5.59. The molecule has 14 heavy (non-hydrogen) atoms. The fourth-order valence-electron chi connectivity index (χ4n) is 1.64. The molecule has 78 valence electrons. The van der Waals surface area contributed by atoms with Crippen LogP contribution < -0.4 is 0 Å². The minimum absolute atomic E-state index is 0.369. The van der Waals surface area contributed by atoms with Crippen LogP contribution in [0.1, 0.15) is 44.3 Å². The SMILES string of the molecule is CC1(C)CC1c1noc(CCCCl)n1. The van der Waals surface area contributed by atoms with Crippen LogP contribution in [0, 0.1) is 5.41 Å². The third kappa shape index (κ3) is 1.92. The zero-order valence-electron chi connectivity index (χ0n) is 8.59. The van der Waals surface area contributed by atoms with Crippen LogP contribution in [0.25, 0.3) is 0 Å². The van der Waals surface area contributed by atoms with Gasteiger partial charge in [0.1, 0.15) is 0 Å². The Kier molecular flexibility index (Phi) is 2.52. The standard InChI is InChI=1S/C10H15ClN2O/c1-10(2)6-7(10)9-12-8(14-13-9)4-3-5-11/h7H,3-6H2,1-2H3. The maximum absolute atomic E-state index is 5.59. The molecule has 4 heteroatoms. The van der Waals surface area contributed by atoms with Crippen molar-refractivity contribution in [2.75, 3.05) is 5.88 Å². The van der Waals surface area contributed by atoms with Crippen molar-refractivity contribution in [3.05, 3.63) is 11.7 Å². The van der Waals surface area contributed by atoms with Crippen molar-refractivity contribution in [1.29, 1.82) is 0 Å². The molecule has 1 aromatic rings. The van der Waals surface area contributed by atoms with Gasteiger partial charge in [-0.1, -0.05) is 19.0 Å². The van der Waals surface area contributed by atoms with E-state index in [0.29, 0.717) is 17.2 Å². The molecule has 1 fully saturated rings. The lowest BCUT2D eigenvalue weighted by Gasteiger charge is -1.95. The van der Waals surface area contributed by atoms with Gasteiger partial charge in [-0.3, -0.25) is 0 Å². The molecule has 1 atom stereocenters. The molecule has 1 heterocycles. The Labute approximate surface area is 88.8 Å². The topological polar surface area (TPSA) is 38.9 Å². The van der Waals surface area contributed by atoms with E-state index >= 15 is 0 Å². The lowest BCUT2D eigenvalue weighted by molar-refractivity contribution is 0.371. The Bertz CT molecular complexity index is 322. The van der Waals surface area contributed by atoms with Gasteiger partial charge < -0.3 is 4.52 Å². The summed E-state index contributed by atoms with van der Waals surface area (Å²) in [5.41, 5.74) is 0.369. The summed E-state index contributed by atoms with van der Waals surface area (Å²) in [6.07, 6.45) is 2.86. The smallest absolute Gasteiger partial charge is 0.226 e. The van der Waals surface area contributed by atoms with E-state index in [4.69, 9.17) is 16.1 Å². The zero-order chi connectivity index (χ0) is 10.2. The molecule has 0 amide bonds. The molecule has 0 spiro atoms. The first-order valence-electron chi connectivity index (χ1n) is 5.02. The van der Waals surface area contributed by atoms with E-state index in [9.17, 15) is 0 Å². The predicted octanol–water partition coefficient (Wildman–Crippen LogP) is 2.75. The first-order valence-corrected chi connectivity index (χ1v) is 5.55. The van der Waals surface area contributed by atoms with Crippen molar-refractivity contribution in [2.45, 2.75) is 39.0 Å². The maximum Gasteiger partial charge on any atom is 0.226 e. The summed E-state index contributed by atoms with van der Waals surface area (Å²) in [5.74, 6) is 2.74. The number of hydrogen-bond acceptors (Lipinski definition) is 3. The molecular formula is C10H15ClN2O. The van der Waals surface area contributed by atoms with Gasteiger partial charge in [-0.25, -0.2) is 0 Å². The van der Waals surface area contributed by atoms with Crippen LogP contribution in [-0.4, -0.2) is 16.0 Å². The van der Waals surface area contributed by atoms with Gasteiger partial charge in [0.15, 0.2) is 5.82 Å². The van der Waals surface area contributed by atoms with Crippen LogP contribution in [0.4, 0.5) is 0 Å². The number of hydrogen-bond donors (Lipinski definition) is 0. The van der Waals surface area contributed by atoms with Gasteiger partial charge in [-0.05, 0) is 18.3 Å². The molecule has 1 saturated carbocycles. The number of nitrogens with zero attached hydrogens (tertiary/aromatic N) is 2. The summed E-state index contributed by atoms with van der Waals surface area (Å²) in [6, 6.07) is 0. The average Bonchev–Trinajstić information content (AvgIpc) is 2.63. The average molecular weight is 215 g/mol. The molecular weight excluding hydrogens is 200 g/mol. The van der Waals surface area contributed by atoms with Crippen molar-refractivity contribution < 1.29 is 4.52 Å². The van der Waals surface area contributed by atoms with Gasteiger partial charge in [0, 0.05) is 18.2 Å². The van der Waals surface area contributed by atoms with E-state index < -0.39 is 0 Å². The fourth-order valence-corrected chi connectivity index (χ4v) is 1.77. The van der Waals surface area contributed by atoms with Crippen molar-refractivity contribution in [1.82, 2.24) is 10.1 Å². The molecule has 1 aromatic heterocycles. The Hall–Kier alpha value is -0.570. The molecule has 0 aliphatic heterocycles. The van der Waals surface area contributed by atoms with E-state index in [1.165, 1.54) is 6.42 Å². The number of aromatic nitrogens is 2. The molecule has 1 aliphatic carbocycles. The van der Waals surface area contributed by atoms with E-state index in [0.717, 1.165) is 24.6 Å². The van der Waals surface area contributed by atoms with Crippen LogP contribution in [0.15, 0.2) is 4.52 Å². The number of alkyl halides is 1. The summed E-state index contributed by atoms with van der Waals surface area (Å²) in [6.45, 7) is 4.46. The summed E-state index contributed by atoms with van der Waals surface area (Å²) in [5, 5.41) is 4.00. The van der Waals surface area contributed by atoms with Crippen molar-refractivity contribution in [2.24, 2.45) is 5.41 Å². The molecule has 0 radical (unpaired) electrons. The minimum Gasteiger partial charge on any atom is -0.339 e. The normalized spacial score (nSPS) is 23.8. The monoisotopic (exact) mass is 214 g/mol. The van der Waals surface area contributed by atoms with Crippen molar-refractivity contribution >= 4 is 11.6 Å². The second kappa shape index (κ2) is 3.54. The highest BCUT2D eigenvalue weighted by Crippen LogP contribution is 2.57. The number of halogens is 1. The third-order valence-electron chi connectivity index (χ3n) is 2.83. The van der Waals surface area contributed by atoms with E-state index in [1.807, 2.05) is 0 Å². The highest BCUT2D eigenvalue weighted by atomic mass is 35.5. The first-order chi connectivity index (χ1) is 6.63. The van der Waals surface area contributed by atoms with E-state index in [2.05, 4.69) is 24.0 Å². The quantitative estimate of drug-likeness (QED) is 0.724. The Morgan fingerprint density at radius 3 is 2.86 bits per heavy atom. The van der Waals surface area contributed by atoms with E-state index in [-0.39, 0.29) is 0 Å². The molecule has 0 aromatic carbocycles. The predicted molar refractivity (Wildman–Crippen MR) is 54.5 cm³/mol. The zero-order valence-corrected chi connectivity index (χ0v) is 9.34. The van der Waals surface area contributed by atoms with Gasteiger partial charge in [0.05, 0.1) is 0 Å². The third-order valence-corrected chi connectivity index (χ3v) is 3.10. The highest BCUT2D eigenvalue weighted by Gasteiger charge is 2.49. The fraction of sp³-hybridized carbons (Fsp3) is 0.800. The number of aryl methyl sites for hydroxylation is 1. The Morgan fingerprint density at radius 2 is 2.29 bits per heavy atom. The van der Waals surface area contributed by atoms with Crippen LogP contribution in [0.5, 0.6) is 0 Å². The van der Waals surface area contributed by atoms with Crippen LogP contribution >= 0.6 is 11.6 Å². The van der Waals surface area contributed by atoms with Crippen LogP contribution in [-0.2, 0) is 6.42 Å². The van der Waals surface area contributed by atoms with Crippen molar-refractivity contribution in [3.63, 3.8) is 0 Å². The maximum atomic E-state index is 5.59. The van der Waals surface area contributed by atoms with Crippen LogP contribution in [0.3, 0.4) is 0 Å². The lowest BCUT2D eigenvalue weighted by atomic mass is 10.1. The van der Waals surface area contributed by atoms with Gasteiger partial charge >= 0.3 is 0 Å². The summed E-state index contributed by atoms with van der Waals surface area (Å²) in [7, 11) is 0. The molecule has 1 aliphatic rings. The molecule has 1 unspecified atom stereocenters.